The van der Waals surface area contributed by atoms with Crippen molar-refractivity contribution in [3.8, 4) is 5.75 Å². The standard InChI is InChI=1S/C13H21BN2O5S/c1-3-21-13-5-4-11(10-12(13)14(17)18)22(19,20)16-8-6-15(2)7-9-16/h4-5,10,17-18H,3,6-9H2,1-2H3. The molecule has 2 rings (SSSR count). The summed E-state index contributed by atoms with van der Waals surface area (Å²) in [7, 11) is -3.49. The van der Waals surface area contributed by atoms with Crippen molar-refractivity contribution in [2.24, 2.45) is 0 Å². The lowest BCUT2D eigenvalue weighted by Gasteiger charge is -2.31. The summed E-state index contributed by atoms with van der Waals surface area (Å²) < 4.78 is 32.0. The van der Waals surface area contributed by atoms with E-state index < -0.39 is 17.1 Å². The van der Waals surface area contributed by atoms with Crippen molar-refractivity contribution < 1.29 is 23.2 Å². The Hall–Kier alpha value is -1.13. The van der Waals surface area contributed by atoms with E-state index in [1.165, 1.54) is 22.5 Å². The van der Waals surface area contributed by atoms with Gasteiger partial charge in [0, 0.05) is 31.6 Å². The van der Waals surface area contributed by atoms with E-state index in [2.05, 4.69) is 4.90 Å². The van der Waals surface area contributed by atoms with Gasteiger partial charge in [0.25, 0.3) is 0 Å². The Morgan fingerprint density at radius 2 is 1.86 bits per heavy atom. The fraction of sp³-hybridized carbons (Fsp3) is 0.538. The molecule has 0 unspecified atom stereocenters. The maximum atomic E-state index is 12.6. The predicted molar refractivity (Wildman–Crippen MR) is 83.7 cm³/mol. The van der Waals surface area contributed by atoms with Crippen LogP contribution in [0.5, 0.6) is 5.75 Å². The third-order valence-corrected chi connectivity index (χ3v) is 5.55. The third-order valence-electron chi connectivity index (χ3n) is 3.66. The van der Waals surface area contributed by atoms with Crippen LogP contribution in [0.1, 0.15) is 6.92 Å². The second kappa shape index (κ2) is 6.97. The van der Waals surface area contributed by atoms with Crippen LogP contribution >= 0.6 is 0 Å². The monoisotopic (exact) mass is 328 g/mol. The molecule has 1 aliphatic heterocycles. The first kappa shape index (κ1) is 17.2. The van der Waals surface area contributed by atoms with Crippen LogP contribution in [0, 0.1) is 0 Å². The number of benzene rings is 1. The van der Waals surface area contributed by atoms with E-state index in [1.807, 2.05) is 7.05 Å². The Balaban J connectivity index is 2.33. The molecule has 0 spiro atoms. The second-order valence-electron chi connectivity index (χ2n) is 5.21. The summed E-state index contributed by atoms with van der Waals surface area (Å²) in [5.74, 6) is 0.273. The summed E-state index contributed by atoms with van der Waals surface area (Å²) in [5.41, 5.74) is 0.0528. The maximum Gasteiger partial charge on any atom is 0.492 e. The second-order valence-corrected chi connectivity index (χ2v) is 7.15. The van der Waals surface area contributed by atoms with Crippen LogP contribution in [0.4, 0.5) is 0 Å². The first-order valence-corrected chi connectivity index (χ1v) is 8.62. The SMILES string of the molecule is CCOc1ccc(S(=O)(=O)N2CCN(C)CC2)cc1B(O)O. The molecule has 0 radical (unpaired) electrons. The number of piperazine rings is 1. The molecule has 1 aromatic carbocycles. The molecule has 1 fully saturated rings. The summed E-state index contributed by atoms with van der Waals surface area (Å²) in [6.07, 6.45) is 0. The number of ether oxygens (including phenoxy) is 1. The van der Waals surface area contributed by atoms with Crippen molar-refractivity contribution in [2.45, 2.75) is 11.8 Å². The molecule has 0 atom stereocenters. The molecule has 0 amide bonds. The highest BCUT2D eigenvalue weighted by Gasteiger charge is 2.29. The Kier molecular flexibility index (Phi) is 5.46. The van der Waals surface area contributed by atoms with Gasteiger partial charge in [-0.25, -0.2) is 8.42 Å². The zero-order valence-electron chi connectivity index (χ0n) is 12.8. The van der Waals surface area contributed by atoms with E-state index in [1.54, 1.807) is 6.92 Å². The van der Waals surface area contributed by atoms with Gasteiger partial charge in [-0.15, -0.1) is 0 Å². The van der Waals surface area contributed by atoms with Gasteiger partial charge < -0.3 is 19.7 Å². The van der Waals surface area contributed by atoms with E-state index >= 15 is 0 Å². The number of sulfonamides is 1. The first-order valence-electron chi connectivity index (χ1n) is 7.18. The molecule has 9 heteroatoms. The molecule has 1 saturated heterocycles. The molecular weight excluding hydrogens is 307 g/mol. The predicted octanol–water partition coefficient (Wildman–Crippen LogP) is -1.30. The van der Waals surface area contributed by atoms with Crippen LogP contribution in [-0.4, -0.2) is 74.6 Å². The number of rotatable bonds is 5. The summed E-state index contributed by atoms with van der Waals surface area (Å²) in [6.45, 7) is 4.30. The molecule has 7 nitrogen and oxygen atoms in total. The zero-order chi connectivity index (χ0) is 16.3. The minimum Gasteiger partial charge on any atom is -0.494 e. The molecule has 1 aliphatic rings. The molecule has 0 saturated carbocycles. The zero-order valence-corrected chi connectivity index (χ0v) is 13.6. The lowest BCUT2D eigenvalue weighted by Crippen LogP contribution is -2.47. The number of nitrogens with zero attached hydrogens (tertiary/aromatic N) is 2. The molecule has 0 aliphatic carbocycles. The largest absolute Gasteiger partial charge is 0.494 e. The third kappa shape index (κ3) is 3.61. The van der Waals surface area contributed by atoms with Crippen molar-refractivity contribution in [2.75, 3.05) is 39.8 Å². The number of likely N-dealkylation sites (N-methyl/N-ethyl adjacent to an activating group) is 1. The molecule has 1 aromatic rings. The Morgan fingerprint density at radius 1 is 1.23 bits per heavy atom. The van der Waals surface area contributed by atoms with Crippen molar-refractivity contribution in [1.82, 2.24) is 9.21 Å². The molecule has 0 aromatic heterocycles. The molecule has 0 bridgehead atoms. The number of hydrogen-bond donors (Lipinski definition) is 2. The topological polar surface area (TPSA) is 90.3 Å². The fourth-order valence-corrected chi connectivity index (χ4v) is 3.81. The van der Waals surface area contributed by atoms with Crippen LogP contribution in [0.15, 0.2) is 23.1 Å². The molecule has 122 valence electrons. The van der Waals surface area contributed by atoms with Gasteiger partial charge in [-0.2, -0.15) is 4.31 Å². The van der Waals surface area contributed by atoms with Crippen molar-refractivity contribution in [3.63, 3.8) is 0 Å². The van der Waals surface area contributed by atoms with E-state index in [0.29, 0.717) is 32.8 Å². The highest BCUT2D eigenvalue weighted by Crippen LogP contribution is 2.19. The fourth-order valence-electron chi connectivity index (χ4n) is 2.35. The van der Waals surface area contributed by atoms with Crippen LogP contribution in [0.3, 0.4) is 0 Å². The first-order chi connectivity index (χ1) is 10.4. The van der Waals surface area contributed by atoms with Gasteiger partial charge >= 0.3 is 7.12 Å². The van der Waals surface area contributed by atoms with Crippen molar-refractivity contribution in [3.05, 3.63) is 18.2 Å². The van der Waals surface area contributed by atoms with E-state index in [4.69, 9.17) is 4.74 Å². The van der Waals surface area contributed by atoms with Gasteiger partial charge in [0.05, 0.1) is 11.5 Å². The van der Waals surface area contributed by atoms with Gasteiger partial charge in [-0.1, -0.05) is 0 Å². The highest BCUT2D eigenvalue weighted by molar-refractivity contribution is 7.89. The van der Waals surface area contributed by atoms with E-state index in [0.717, 1.165) is 0 Å². The van der Waals surface area contributed by atoms with Gasteiger partial charge in [0.1, 0.15) is 5.75 Å². The Morgan fingerprint density at radius 3 is 2.41 bits per heavy atom. The van der Waals surface area contributed by atoms with Crippen LogP contribution in [0.2, 0.25) is 0 Å². The highest BCUT2D eigenvalue weighted by atomic mass is 32.2. The van der Waals surface area contributed by atoms with Crippen LogP contribution in [-0.2, 0) is 10.0 Å². The molecular formula is C13H21BN2O5S. The summed E-state index contributed by atoms with van der Waals surface area (Å²) in [4.78, 5) is 2.11. The van der Waals surface area contributed by atoms with Crippen LogP contribution in [0.25, 0.3) is 0 Å². The molecule has 22 heavy (non-hydrogen) atoms. The minimum absolute atomic E-state index is 0.0450. The number of hydrogen-bond acceptors (Lipinski definition) is 6. The van der Waals surface area contributed by atoms with E-state index in [-0.39, 0.29) is 16.1 Å². The Bertz CT molecular complexity index is 615. The minimum atomic E-state index is -3.64. The normalized spacial score (nSPS) is 17.5. The lowest BCUT2D eigenvalue weighted by molar-refractivity contribution is 0.222. The lowest BCUT2D eigenvalue weighted by atomic mass is 9.79. The summed E-state index contributed by atoms with van der Waals surface area (Å²) in [5, 5.41) is 18.9. The Labute approximate surface area is 131 Å². The van der Waals surface area contributed by atoms with Crippen molar-refractivity contribution in [1.29, 1.82) is 0 Å². The maximum absolute atomic E-state index is 12.6. The molecule has 1 heterocycles. The summed E-state index contributed by atoms with van der Waals surface area (Å²) >= 11 is 0. The average molecular weight is 328 g/mol. The van der Waals surface area contributed by atoms with Crippen molar-refractivity contribution >= 4 is 22.6 Å². The van der Waals surface area contributed by atoms with Gasteiger partial charge in [-0.3, -0.25) is 0 Å². The average Bonchev–Trinajstić information content (AvgIpc) is 2.48. The quantitative estimate of drug-likeness (QED) is 0.653. The summed E-state index contributed by atoms with van der Waals surface area (Å²) in [6, 6.07) is 4.16. The van der Waals surface area contributed by atoms with Gasteiger partial charge in [0.15, 0.2) is 0 Å². The van der Waals surface area contributed by atoms with Gasteiger partial charge in [0.2, 0.25) is 10.0 Å². The van der Waals surface area contributed by atoms with E-state index in [9.17, 15) is 18.5 Å². The van der Waals surface area contributed by atoms with Crippen LogP contribution < -0.4 is 10.2 Å². The smallest absolute Gasteiger partial charge is 0.492 e. The van der Waals surface area contributed by atoms with Gasteiger partial charge in [-0.05, 0) is 32.2 Å². The molecule has 2 N–H and O–H groups in total.